The first-order valence-corrected chi connectivity index (χ1v) is 7.05. The largest absolute Gasteiger partial charge is 0.484 e. The Morgan fingerprint density at radius 1 is 1.09 bits per heavy atom. The highest BCUT2D eigenvalue weighted by atomic mass is 35.5. The van der Waals surface area contributed by atoms with Gasteiger partial charge in [-0.15, -0.1) is 0 Å². The van der Waals surface area contributed by atoms with Crippen molar-refractivity contribution in [2.75, 3.05) is 11.9 Å². The van der Waals surface area contributed by atoms with E-state index in [1.54, 1.807) is 0 Å². The summed E-state index contributed by atoms with van der Waals surface area (Å²) in [4.78, 5) is 11.7. The monoisotopic (exact) mass is 363 g/mol. The number of hydrogen-bond donors (Lipinski definition) is 1. The molecule has 0 aliphatic rings. The molecule has 2 aromatic rings. The third kappa shape index (κ3) is 5.33. The Bertz CT molecular complexity index is 700. The topological polar surface area (TPSA) is 38.3 Å². The van der Waals surface area contributed by atoms with E-state index in [2.05, 4.69) is 5.32 Å². The number of benzene rings is 2. The van der Waals surface area contributed by atoms with Crippen molar-refractivity contribution in [3.63, 3.8) is 0 Å². The molecule has 0 unspecified atom stereocenters. The van der Waals surface area contributed by atoms with Crippen LogP contribution >= 0.6 is 23.2 Å². The molecule has 0 bridgehead atoms. The molecule has 122 valence electrons. The van der Waals surface area contributed by atoms with Gasteiger partial charge in [-0.3, -0.25) is 4.79 Å². The summed E-state index contributed by atoms with van der Waals surface area (Å²) >= 11 is 11.6. The number of hydrogen-bond acceptors (Lipinski definition) is 2. The fourth-order valence-corrected chi connectivity index (χ4v) is 2.26. The lowest BCUT2D eigenvalue weighted by molar-refractivity contribution is -0.137. The molecule has 3 nitrogen and oxygen atoms in total. The number of carbonyl (C=O) groups is 1. The lowest BCUT2D eigenvalue weighted by Crippen LogP contribution is -2.20. The molecule has 0 spiro atoms. The van der Waals surface area contributed by atoms with Gasteiger partial charge in [0.05, 0.1) is 5.56 Å². The quantitative estimate of drug-likeness (QED) is 0.827. The number of anilines is 1. The summed E-state index contributed by atoms with van der Waals surface area (Å²) in [6.45, 7) is -0.453. The smallest absolute Gasteiger partial charge is 0.416 e. The Morgan fingerprint density at radius 2 is 1.74 bits per heavy atom. The van der Waals surface area contributed by atoms with Crippen LogP contribution in [0.15, 0.2) is 42.5 Å². The average Bonchev–Trinajstić information content (AvgIpc) is 2.43. The number of halogens is 5. The summed E-state index contributed by atoms with van der Waals surface area (Å²) in [5.74, 6) is -0.611. The summed E-state index contributed by atoms with van der Waals surface area (Å²) in [5.41, 5.74) is -0.489. The highest BCUT2D eigenvalue weighted by Crippen LogP contribution is 2.31. The minimum Gasteiger partial charge on any atom is -0.484 e. The second-order valence-corrected chi connectivity index (χ2v) is 5.39. The summed E-state index contributed by atoms with van der Waals surface area (Å²) < 4.78 is 42.8. The van der Waals surface area contributed by atoms with E-state index in [9.17, 15) is 18.0 Å². The van der Waals surface area contributed by atoms with Gasteiger partial charge in [0.25, 0.3) is 5.91 Å². The highest BCUT2D eigenvalue weighted by Gasteiger charge is 2.30. The van der Waals surface area contributed by atoms with Gasteiger partial charge in [0.1, 0.15) is 5.75 Å². The van der Waals surface area contributed by atoms with Crippen LogP contribution < -0.4 is 10.1 Å². The van der Waals surface area contributed by atoms with Crippen molar-refractivity contribution < 1.29 is 22.7 Å². The molecule has 0 atom stereocenters. The Labute approximate surface area is 140 Å². The fraction of sp³-hybridized carbons (Fsp3) is 0.133. The van der Waals surface area contributed by atoms with E-state index < -0.39 is 24.3 Å². The maximum atomic E-state index is 12.6. The van der Waals surface area contributed by atoms with Gasteiger partial charge in [-0.2, -0.15) is 13.2 Å². The van der Waals surface area contributed by atoms with Crippen LogP contribution in [0.25, 0.3) is 0 Å². The van der Waals surface area contributed by atoms with Crippen molar-refractivity contribution in [2.45, 2.75) is 6.18 Å². The van der Waals surface area contributed by atoms with Crippen LogP contribution in [0.5, 0.6) is 5.75 Å². The standard InChI is InChI=1S/C15H10Cl2F3NO2/c16-10-5-11(17)7-12(6-10)21-14(22)8-23-13-3-1-2-9(4-13)15(18,19)20/h1-7H,8H2,(H,21,22). The van der Waals surface area contributed by atoms with E-state index in [1.165, 1.54) is 30.3 Å². The van der Waals surface area contributed by atoms with Gasteiger partial charge in [0.2, 0.25) is 0 Å². The lowest BCUT2D eigenvalue weighted by atomic mass is 10.2. The van der Waals surface area contributed by atoms with Crippen molar-refractivity contribution in [1.82, 2.24) is 0 Å². The predicted molar refractivity (Wildman–Crippen MR) is 82.0 cm³/mol. The molecular formula is C15H10Cl2F3NO2. The lowest BCUT2D eigenvalue weighted by Gasteiger charge is -2.10. The van der Waals surface area contributed by atoms with Crippen LogP contribution in [0.3, 0.4) is 0 Å². The third-order valence-corrected chi connectivity index (χ3v) is 3.11. The number of carbonyl (C=O) groups excluding carboxylic acids is 1. The molecule has 0 aromatic heterocycles. The zero-order valence-corrected chi connectivity index (χ0v) is 13.0. The van der Waals surface area contributed by atoms with E-state index >= 15 is 0 Å². The maximum Gasteiger partial charge on any atom is 0.416 e. The molecule has 0 fully saturated rings. The van der Waals surface area contributed by atoms with Gasteiger partial charge in [0, 0.05) is 15.7 Å². The normalized spacial score (nSPS) is 11.2. The Morgan fingerprint density at radius 3 is 2.35 bits per heavy atom. The molecule has 2 aromatic carbocycles. The van der Waals surface area contributed by atoms with Gasteiger partial charge >= 0.3 is 6.18 Å². The van der Waals surface area contributed by atoms with Crippen molar-refractivity contribution in [3.8, 4) is 5.75 Å². The minimum absolute atomic E-state index is 0.0564. The average molecular weight is 364 g/mol. The van der Waals surface area contributed by atoms with Gasteiger partial charge in [-0.05, 0) is 36.4 Å². The van der Waals surface area contributed by atoms with Gasteiger partial charge in [-0.1, -0.05) is 29.3 Å². The molecule has 0 heterocycles. The molecule has 0 radical (unpaired) electrons. The van der Waals surface area contributed by atoms with Crippen LogP contribution in [-0.4, -0.2) is 12.5 Å². The van der Waals surface area contributed by atoms with Crippen LogP contribution in [0.1, 0.15) is 5.56 Å². The number of ether oxygens (including phenoxy) is 1. The first-order chi connectivity index (χ1) is 10.7. The number of nitrogens with one attached hydrogen (secondary N) is 1. The van der Waals surface area contributed by atoms with Crippen molar-refractivity contribution in [2.24, 2.45) is 0 Å². The van der Waals surface area contributed by atoms with E-state index in [1.807, 2.05) is 0 Å². The van der Waals surface area contributed by atoms with Gasteiger partial charge < -0.3 is 10.1 Å². The number of alkyl halides is 3. The summed E-state index contributed by atoms with van der Waals surface area (Å²) in [7, 11) is 0. The first-order valence-electron chi connectivity index (χ1n) is 6.30. The molecule has 8 heteroatoms. The maximum absolute atomic E-state index is 12.6. The van der Waals surface area contributed by atoms with Crippen LogP contribution in [0.4, 0.5) is 18.9 Å². The third-order valence-electron chi connectivity index (χ3n) is 2.68. The summed E-state index contributed by atoms with van der Waals surface area (Å²) in [6, 6.07) is 8.74. The SMILES string of the molecule is O=C(COc1cccc(C(F)(F)F)c1)Nc1cc(Cl)cc(Cl)c1. The van der Waals surface area contributed by atoms with E-state index in [0.29, 0.717) is 15.7 Å². The summed E-state index contributed by atoms with van der Waals surface area (Å²) in [6.07, 6.45) is -4.47. The Hall–Kier alpha value is -1.92. The second kappa shape index (κ2) is 7.10. The zero-order chi connectivity index (χ0) is 17.0. The van der Waals surface area contributed by atoms with Crippen LogP contribution in [-0.2, 0) is 11.0 Å². The van der Waals surface area contributed by atoms with E-state index in [0.717, 1.165) is 12.1 Å². The Kier molecular flexibility index (Phi) is 5.38. The molecule has 0 saturated carbocycles. The molecule has 0 saturated heterocycles. The predicted octanol–water partition coefficient (Wildman–Crippen LogP) is 5.03. The molecular weight excluding hydrogens is 354 g/mol. The summed E-state index contributed by atoms with van der Waals surface area (Å²) in [5, 5.41) is 3.16. The molecule has 1 N–H and O–H groups in total. The second-order valence-electron chi connectivity index (χ2n) is 4.52. The Balaban J connectivity index is 1.97. The van der Waals surface area contributed by atoms with E-state index in [4.69, 9.17) is 27.9 Å². The zero-order valence-electron chi connectivity index (χ0n) is 11.5. The van der Waals surface area contributed by atoms with Gasteiger partial charge in [-0.25, -0.2) is 0 Å². The first kappa shape index (κ1) is 17.4. The van der Waals surface area contributed by atoms with Gasteiger partial charge in [0.15, 0.2) is 6.61 Å². The number of rotatable bonds is 4. The molecule has 0 aliphatic heterocycles. The van der Waals surface area contributed by atoms with E-state index in [-0.39, 0.29) is 5.75 Å². The van der Waals surface area contributed by atoms with Crippen LogP contribution in [0.2, 0.25) is 10.0 Å². The fourth-order valence-electron chi connectivity index (χ4n) is 1.73. The molecule has 2 rings (SSSR count). The molecule has 0 aliphatic carbocycles. The molecule has 23 heavy (non-hydrogen) atoms. The van der Waals surface area contributed by atoms with Crippen LogP contribution in [0, 0.1) is 0 Å². The number of amides is 1. The molecule has 1 amide bonds. The van der Waals surface area contributed by atoms with Crippen molar-refractivity contribution in [3.05, 3.63) is 58.1 Å². The van der Waals surface area contributed by atoms with Crippen molar-refractivity contribution in [1.29, 1.82) is 0 Å². The highest BCUT2D eigenvalue weighted by molar-refractivity contribution is 6.35. The minimum atomic E-state index is -4.47. The van der Waals surface area contributed by atoms with Crippen molar-refractivity contribution >= 4 is 34.8 Å².